The predicted octanol–water partition coefficient (Wildman–Crippen LogP) is 0.724. The van der Waals surface area contributed by atoms with E-state index in [1.807, 2.05) is 0 Å². The third-order valence-electron chi connectivity index (χ3n) is 3.12. The van der Waals surface area contributed by atoms with Crippen LogP contribution in [-0.2, 0) is 7.05 Å². The summed E-state index contributed by atoms with van der Waals surface area (Å²) >= 11 is 0. The topological polar surface area (TPSA) is 70.9 Å². The summed E-state index contributed by atoms with van der Waals surface area (Å²) in [6.07, 6.45) is -1.75. The fraction of sp³-hybridized carbons (Fsp3) is 0.308. The summed E-state index contributed by atoms with van der Waals surface area (Å²) in [5, 5.41) is 12.0. The predicted molar refractivity (Wildman–Crippen MR) is 70.7 cm³/mol. The van der Waals surface area contributed by atoms with E-state index in [0.717, 1.165) is 7.05 Å². The van der Waals surface area contributed by atoms with Gasteiger partial charge in [-0.05, 0) is 25.5 Å². The highest BCUT2D eigenvalue weighted by Gasteiger charge is 2.24. The lowest BCUT2D eigenvalue weighted by atomic mass is 10.2. The van der Waals surface area contributed by atoms with Crippen LogP contribution in [0.4, 0.5) is 8.78 Å². The molecule has 0 aliphatic carbocycles. The number of aryl methyl sites for hydroxylation is 2. The minimum atomic E-state index is -2.96. The lowest BCUT2D eigenvalue weighted by Crippen LogP contribution is -2.46. The number of aromatic nitrogens is 3. The summed E-state index contributed by atoms with van der Waals surface area (Å²) in [4.78, 5) is 24.1. The van der Waals surface area contributed by atoms with Crippen molar-refractivity contribution in [2.24, 2.45) is 7.05 Å². The van der Waals surface area contributed by atoms with Crippen molar-refractivity contribution in [3.05, 3.63) is 61.2 Å². The van der Waals surface area contributed by atoms with Gasteiger partial charge in [0.2, 0.25) is 0 Å². The molecular weight excluding hydrogens is 284 g/mol. The standard InChI is InChI=1S/C13H13F2N3O3/c1-7-4-8(2)12(17(21)6-7)18-10(19)5-9(11(14)15)16(3)13(18)20/h4-6,11H,1-3H3. The normalized spacial score (nSPS) is 11.1. The van der Waals surface area contributed by atoms with E-state index in [1.165, 1.54) is 6.20 Å². The lowest BCUT2D eigenvalue weighted by molar-refractivity contribution is -0.600. The molecule has 6 nitrogen and oxygen atoms in total. The van der Waals surface area contributed by atoms with Gasteiger partial charge >= 0.3 is 11.2 Å². The van der Waals surface area contributed by atoms with Gasteiger partial charge in [0.05, 0.1) is 18.0 Å². The maximum Gasteiger partial charge on any atom is 0.423 e. The average Bonchev–Trinajstić information content (AvgIpc) is 2.36. The van der Waals surface area contributed by atoms with Crippen LogP contribution in [0, 0.1) is 19.1 Å². The van der Waals surface area contributed by atoms with Crippen LogP contribution in [-0.4, -0.2) is 9.13 Å². The second-order valence-electron chi connectivity index (χ2n) is 4.74. The number of hydrogen-bond acceptors (Lipinski definition) is 3. The molecule has 2 aromatic heterocycles. The third-order valence-corrected chi connectivity index (χ3v) is 3.12. The van der Waals surface area contributed by atoms with Crippen LogP contribution in [0.25, 0.3) is 5.82 Å². The Balaban J connectivity index is 2.88. The molecule has 2 aromatic rings. The van der Waals surface area contributed by atoms with Crippen molar-refractivity contribution in [3.8, 4) is 5.82 Å². The number of hydrogen-bond donors (Lipinski definition) is 0. The summed E-state index contributed by atoms with van der Waals surface area (Å²) in [6.45, 7) is 3.25. The van der Waals surface area contributed by atoms with Crippen molar-refractivity contribution in [2.45, 2.75) is 20.3 Å². The maximum absolute atomic E-state index is 12.8. The Morgan fingerprint density at radius 3 is 2.38 bits per heavy atom. The average molecular weight is 297 g/mol. The summed E-state index contributed by atoms with van der Waals surface area (Å²) in [5.74, 6) is -0.188. The van der Waals surface area contributed by atoms with Crippen LogP contribution in [0.5, 0.6) is 0 Å². The van der Waals surface area contributed by atoms with Crippen molar-refractivity contribution >= 4 is 0 Å². The van der Waals surface area contributed by atoms with Crippen molar-refractivity contribution in [1.82, 2.24) is 9.13 Å². The molecule has 0 N–H and O–H groups in total. The van der Waals surface area contributed by atoms with E-state index in [-0.39, 0.29) is 5.82 Å². The van der Waals surface area contributed by atoms with E-state index >= 15 is 0 Å². The SMILES string of the molecule is Cc1cc(C)c(-n2c(=O)cc(C(F)F)n(C)c2=O)[n+]([O-])c1. The number of nitrogens with zero attached hydrogens (tertiary/aromatic N) is 3. The first kappa shape index (κ1) is 14.9. The van der Waals surface area contributed by atoms with E-state index in [2.05, 4.69) is 0 Å². The van der Waals surface area contributed by atoms with Gasteiger partial charge in [0.25, 0.3) is 12.2 Å². The second-order valence-corrected chi connectivity index (χ2v) is 4.74. The van der Waals surface area contributed by atoms with Gasteiger partial charge < -0.3 is 5.21 Å². The molecule has 0 spiro atoms. The molecule has 0 atom stereocenters. The first-order valence-electron chi connectivity index (χ1n) is 6.06. The molecule has 0 aliphatic rings. The molecule has 0 bridgehead atoms. The molecule has 2 rings (SSSR count). The molecule has 0 saturated carbocycles. The molecule has 0 radical (unpaired) electrons. The third kappa shape index (κ3) is 2.44. The number of rotatable bonds is 2. The molecule has 0 amide bonds. The lowest BCUT2D eigenvalue weighted by Gasteiger charge is -2.13. The van der Waals surface area contributed by atoms with E-state index in [0.29, 0.717) is 31.1 Å². The zero-order chi connectivity index (χ0) is 15.9. The summed E-state index contributed by atoms with van der Waals surface area (Å²) < 4.78 is 27.2. The zero-order valence-corrected chi connectivity index (χ0v) is 11.6. The van der Waals surface area contributed by atoms with Crippen molar-refractivity contribution < 1.29 is 13.5 Å². The maximum atomic E-state index is 12.8. The number of halogens is 2. The van der Waals surface area contributed by atoms with Gasteiger partial charge in [-0.3, -0.25) is 4.57 Å². The van der Waals surface area contributed by atoms with Crippen molar-refractivity contribution in [3.63, 3.8) is 0 Å². The highest BCUT2D eigenvalue weighted by molar-refractivity contribution is 5.30. The molecule has 2 heterocycles. The Morgan fingerprint density at radius 2 is 1.86 bits per heavy atom. The summed E-state index contributed by atoms with van der Waals surface area (Å²) in [6, 6.07) is 2.28. The molecule has 0 aromatic carbocycles. The molecule has 0 unspecified atom stereocenters. The molecule has 112 valence electrons. The number of pyridine rings is 1. The second kappa shape index (κ2) is 5.12. The Labute approximate surface area is 118 Å². The molecule has 21 heavy (non-hydrogen) atoms. The Bertz CT molecular complexity index is 801. The minimum absolute atomic E-state index is 0.188. The molecule has 8 heteroatoms. The van der Waals surface area contributed by atoms with Crippen LogP contribution in [0.2, 0.25) is 0 Å². The van der Waals surface area contributed by atoms with E-state index < -0.39 is 23.4 Å². The van der Waals surface area contributed by atoms with Crippen LogP contribution < -0.4 is 16.0 Å². The Kier molecular flexibility index (Phi) is 3.63. The van der Waals surface area contributed by atoms with Crippen LogP contribution in [0.1, 0.15) is 23.2 Å². The monoisotopic (exact) mass is 297 g/mol. The van der Waals surface area contributed by atoms with Gasteiger partial charge in [-0.1, -0.05) is 0 Å². The summed E-state index contributed by atoms with van der Waals surface area (Å²) in [5.41, 5.74) is -1.60. The highest BCUT2D eigenvalue weighted by atomic mass is 19.3. The van der Waals surface area contributed by atoms with Gasteiger partial charge in [0, 0.05) is 12.6 Å². The number of alkyl halides is 2. The zero-order valence-electron chi connectivity index (χ0n) is 11.6. The van der Waals surface area contributed by atoms with Gasteiger partial charge in [-0.2, -0.15) is 0 Å². The van der Waals surface area contributed by atoms with E-state index in [1.54, 1.807) is 19.9 Å². The first-order chi connectivity index (χ1) is 9.73. The van der Waals surface area contributed by atoms with Gasteiger partial charge in [-0.25, -0.2) is 23.1 Å². The molecule has 0 fully saturated rings. The molecular formula is C13H13F2N3O3. The Morgan fingerprint density at radius 1 is 1.24 bits per heavy atom. The van der Waals surface area contributed by atoms with Gasteiger partial charge in [-0.15, -0.1) is 4.57 Å². The fourth-order valence-corrected chi connectivity index (χ4v) is 2.19. The van der Waals surface area contributed by atoms with Crippen molar-refractivity contribution in [1.29, 1.82) is 0 Å². The minimum Gasteiger partial charge on any atom is -0.711 e. The Hall–Kier alpha value is -2.51. The van der Waals surface area contributed by atoms with Gasteiger partial charge in [0.15, 0.2) is 0 Å². The molecule has 0 aliphatic heterocycles. The van der Waals surface area contributed by atoms with Crippen LogP contribution in [0.3, 0.4) is 0 Å². The molecule has 0 saturated heterocycles. The van der Waals surface area contributed by atoms with E-state index in [4.69, 9.17) is 0 Å². The van der Waals surface area contributed by atoms with Gasteiger partial charge in [0.1, 0.15) is 0 Å². The van der Waals surface area contributed by atoms with Crippen molar-refractivity contribution in [2.75, 3.05) is 0 Å². The van der Waals surface area contributed by atoms with E-state index in [9.17, 15) is 23.6 Å². The van der Waals surface area contributed by atoms with Crippen LogP contribution in [0.15, 0.2) is 27.9 Å². The highest BCUT2D eigenvalue weighted by Crippen LogP contribution is 2.15. The largest absolute Gasteiger partial charge is 0.711 e. The smallest absolute Gasteiger partial charge is 0.423 e. The fourth-order valence-electron chi connectivity index (χ4n) is 2.19. The first-order valence-corrected chi connectivity index (χ1v) is 6.06. The quantitative estimate of drug-likeness (QED) is 0.606. The summed E-state index contributed by atoms with van der Waals surface area (Å²) in [7, 11) is 1.12. The van der Waals surface area contributed by atoms with Crippen LogP contribution >= 0.6 is 0 Å².